The van der Waals surface area contributed by atoms with Gasteiger partial charge in [0.05, 0.1) is 17.6 Å². The first-order valence-corrected chi connectivity index (χ1v) is 7.11. The van der Waals surface area contributed by atoms with Crippen molar-refractivity contribution in [1.82, 2.24) is 19.9 Å². The number of hydrogen-bond acceptors (Lipinski definition) is 4. The maximum atomic E-state index is 13.2. The van der Waals surface area contributed by atoms with E-state index in [0.29, 0.717) is 28.9 Å². The van der Waals surface area contributed by atoms with E-state index < -0.39 is 0 Å². The molecule has 1 N–H and O–H groups in total. The number of H-pyrrole nitrogens is 1. The number of allylic oxidation sites excluding steroid dienone is 1. The lowest BCUT2D eigenvalue weighted by molar-refractivity contribution is 0.445. The van der Waals surface area contributed by atoms with Gasteiger partial charge in [-0.1, -0.05) is 6.08 Å². The van der Waals surface area contributed by atoms with Crippen LogP contribution in [0, 0.1) is 12.7 Å². The molecule has 3 aromatic rings. The number of aromatic nitrogens is 4. The summed E-state index contributed by atoms with van der Waals surface area (Å²) in [5.74, 6) is 0.354. The molecule has 2 aromatic heterocycles. The lowest BCUT2D eigenvalue weighted by Gasteiger charge is -2.02. The van der Waals surface area contributed by atoms with E-state index in [1.54, 1.807) is 30.5 Å². The van der Waals surface area contributed by atoms with Crippen LogP contribution in [-0.4, -0.2) is 19.9 Å². The summed E-state index contributed by atoms with van der Waals surface area (Å²) in [7, 11) is 0. The molecule has 116 valence electrons. The number of aryl methyl sites for hydroxylation is 1. The van der Waals surface area contributed by atoms with Gasteiger partial charge in [0.1, 0.15) is 17.3 Å². The Labute approximate surface area is 132 Å². The minimum atomic E-state index is -0.297. The summed E-state index contributed by atoms with van der Waals surface area (Å²) >= 11 is 0. The van der Waals surface area contributed by atoms with E-state index in [1.165, 1.54) is 18.4 Å². The van der Waals surface area contributed by atoms with Crippen molar-refractivity contribution in [2.24, 2.45) is 0 Å². The molecule has 0 fully saturated rings. The van der Waals surface area contributed by atoms with Crippen LogP contribution in [0.15, 0.2) is 48.9 Å². The van der Waals surface area contributed by atoms with E-state index in [9.17, 15) is 4.39 Å². The predicted octanol–water partition coefficient (Wildman–Crippen LogP) is 3.89. The van der Waals surface area contributed by atoms with Crippen molar-refractivity contribution in [2.75, 3.05) is 0 Å². The molecule has 0 aliphatic heterocycles. The van der Waals surface area contributed by atoms with Gasteiger partial charge in [0.15, 0.2) is 0 Å². The summed E-state index contributed by atoms with van der Waals surface area (Å²) in [5, 5.41) is 0. The molecule has 1 aromatic carbocycles. The molecule has 0 spiro atoms. The topological polar surface area (TPSA) is 63.7 Å². The zero-order chi connectivity index (χ0) is 16.2. The largest absolute Gasteiger partial charge is 0.434 e. The van der Waals surface area contributed by atoms with Gasteiger partial charge >= 0.3 is 0 Å². The lowest BCUT2D eigenvalue weighted by Crippen LogP contribution is -1.92. The number of halogens is 1. The predicted molar refractivity (Wildman–Crippen MR) is 85.2 cm³/mol. The van der Waals surface area contributed by atoms with E-state index in [-0.39, 0.29) is 5.82 Å². The molecule has 3 rings (SSSR count). The maximum absolute atomic E-state index is 13.2. The zero-order valence-electron chi connectivity index (χ0n) is 12.7. The molecule has 0 radical (unpaired) electrons. The highest BCUT2D eigenvalue weighted by Crippen LogP contribution is 2.31. The van der Waals surface area contributed by atoms with Crippen LogP contribution in [0.2, 0.25) is 0 Å². The molecule has 0 saturated heterocycles. The van der Waals surface area contributed by atoms with Gasteiger partial charge in [-0.05, 0) is 44.2 Å². The van der Waals surface area contributed by atoms with E-state index >= 15 is 0 Å². The molecule has 0 aliphatic carbocycles. The second kappa shape index (κ2) is 6.39. The molecule has 0 bridgehead atoms. The maximum Gasteiger partial charge on any atom is 0.299 e. The van der Waals surface area contributed by atoms with Crippen LogP contribution in [0.25, 0.3) is 22.6 Å². The Hall–Kier alpha value is -3.02. The second-order valence-corrected chi connectivity index (χ2v) is 4.85. The van der Waals surface area contributed by atoms with Gasteiger partial charge in [0.2, 0.25) is 0 Å². The first-order chi connectivity index (χ1) is 11.2. The third-order valence-electron chi connectivity index (χ3n) is 3.15. The summed E-state index contributed by atoms with van der Waals surface area (Å²) in [6.45, 7) is 3.66. The van der Waals surface area contributed by atoms with Gasteiger partial charge in [-0.2, -0.15) is 4.98 Å². The van der Waals surface area contributed by atoms with Gasteiger partial charge in [-0.15, -0.1) is 0 Å². The van der Waals surface area contributed by atoms with Crippen LogP contribution in [-0.2, 0) is 0 Å². The van der Waals surface area contributed by atoms with E-state index in [2.05, 4.69) is 19.9 Å². The standard InChI is InChI=1S/C17H15FN4O/c1-3-10-23-17-21-15(12-4-6-13(18)7-5-12)16(22-17)14-8-9-19-11(2)20-14/h3-10H,1-2H3,(H,21,22)/b10-3-. The van der Waals surface area contributed by atoms with Gasteiger partial charge in [-0.3, -0.25) is 0 Å². The van der Waals surface area contributed by atoms with Crippen molar-refractivity contribution >= 4 is 0 Å². The van der Waals surface area contributed by atoms with Gasteiger partial charge < -0.3 is 9.72 Å². The summed E-state index contributed by atoms with van der Waals surface area (Å²) in [4.78, 5) is 16.1. The summed E-state index contributed by atoms with van der Waals surface area (Å²) in [6.07, 6.45) is 4.97. The number of hydrogen-bond donors (Lipinski definition) is 1. The Morgan fingerprint density at radius 3 is 2.61 bits per heavy atom. The Kier molecular flexibility index (Phi) is 4.14. The number of aromatic amines is 1. The molecular weight excluding hydrogens is 295 g/mol. The van der Waals surface area contributed by atoms with Gasteiger partial charge in [-0.25, -0.2) is 14.4 Å². The molecule has 0 amide bonds. The smallest absolute Gasteiger partial charge is 0.299 e. The van der Waals surface area contributed by atoms with Crippen LogP contribution < -0.4 is 4.74 Å². The fraction of sp³-hybridized carbons (Fsp3) is 0.118. The average Bonchev–Trinajstić information content (AvgIpc) is 2.98. The minimum absolute atomic E-state index is 0.297. The zero-order valence-corrected chi connectivity index (χ0v) is 12.7. The average molecular weight is 310 g/mol. The SMILES string of the molecule is C/C=C\Oc1nc(-c2ccc(F)cc2)c(-c2ccnc(C)n2)[nH]1. The van der Waals surface area contributed by atoms with E-state index in [0.717, 1.165) is 5.56 Å². The normalized spacial score (nSPS) is 11.1. The second-order valence-electron chi connectivity index (χ2n) is 4.85. The van der Waals surface area contributed by atoms with Crippen molar-refractivity contribution in [3.8, 4) is 28.7 Å². The fourth-order valence-electron chi connectivity index (χ4n) is 2.14. The highest BCUT2D eigenvalue weighted by molar-refractivity contribution is 5.77. The van der Waals surface area contributed by atoms with Crippen LogP contribution >= 0.6 is 0 Å². The first kappa shape index (κ1) is 14.9. The molecule has 0 saturated carbocycles. The van der Waals surface area contributed by atoms with Crippen LogP contribution in [0.1, 0.15) is 12.7 Å². The first-order valence-electron chi connectivity index (χ1n) is 7.11. The molecular formula is C17H15FN4O. The number of ether oxygens (including phenoxy) is 1. The van der Waals surface area contributed by atoms with Crippen molar-refractivity contribution in [1.29, 1.82) is 0 Å². The van der Waals surface area contributed by atoms with Crippen molar-refractivity contribution in [2.45, 2.75) is 13.8 Å². The molecule has 0 atom stereocenters. The fourth-order valence-corrected chi connectivity index (χ4v) is 2.14. The van der Waals surface area contributed by atoms with E-state index in [1.807, 2.05) is 13.8 Å². The number of rotatable bonds is 4. The molecule has 0 aliphatic rings. The number of nitrogens with zero attached hydrogens (tertiary/aromatic N) is 3. The molecule has 6 heteroatoms. The monoisotopic (exact) mass is 310 g/mol. The van der Waals surface area contributed by atoms with Crippen LogP contribution in [0.4, 0.5) is 4.39 Å². The molecule has 23 heavy (non-hydrogen) atoms. The summed E-state index contributed by atoms with van der Waals surface area (Å²) < 4.78 is 18.6. The Morgan fingerprint density at radius 1 is 1.13 bits per heavy atom. The Bertz CT molecular complexity index is 840. The quantitative estimate of drug-likeness (QED) is 0.742. The molecule has 2 heterocycles. The summed E-state index contributed by atoms with van der Waals surface area (Å²) in [6, 6.07) is 8.25. The number of imidazole rings is 1. The summed E-state index contributed by atoms with van der Waals surface area (Å²) in [5.41, 5.74) is 2.80. The third-order valence-corrected chi connectivity index (χ3v) is 3.15. The van der Waals surface area contributed by atoms with Crippen molar-refractivity contribution in [3.05, 3.63) is 60.5 Å². The van der Waals surface area contributed by atoms with Gasteiger partial charge in [0, 0.05) is 11.8 Å². The van der Waals surface area contributed by atoms with Crippen molar-refractivity contribution in [3.63, 3.8) is 0 Å². The number of nitrogens with one attached hydrogen (secondary N) is 1. The third kappa shape index (κ3) is 3.26. The number of benzene rings is 1. The molecule has 5 nitrogen and oxygen atoms in total. The lowest BCUT2D eigenvalue weighted by atomic mass is 10.1. The Balaban J connectivity index is 2.12. The highest BCUT2D eigenvalue weighted by Gasteiger charge is 2.16. The highest BCUT2D eigenvalue weighted by atomic mass is 19.1. The van der Waals surface area contributed by atoms with Crippen molar-refractivity contribution < 1.29 is 9.13 Å². The van der Waals surface area contributed by atoms with Crippen LogP contribution in [0.3, 0.4) is 0 Å². The van der Waals surface area contributed by atoms with Gasteiger partial charge in [0.25, 0.3) is 6.01 Å². The Morgan fingerprint density at radius 2 is 1.91 bits per heavy atom. The van der Waals surface area contributed by atoms with E-state index in [4.69, 9.17) is 4.74 Å². The molecule has 0 unspecified atom stereocenters. The minimum Gasteiger partial charge on any atom is -0.434 e. The van der Waals surface area contributed by atoms with Crippen LogP contribution in [0.5, 0.6) is 6.01 Å².